The van der Waals surface area contributed by atoms with Gasteiger partial charge < -0.3 is 14.6 Å². The molecule has 0 unspecified atom stereocenters. The predicted molar refractivity (Wildman–Crippen MR) is 65.5 cm³/mol. The number of phenolic OH excluding ortho intramolecular Hbond substituents is 1. The molecular formula is C14H12F2O3. The molecule has 100 valence electrons. The monoisotopic (exact) mass is 266 g/mol. The van der Waals surface area contributed by atoms with Gasteiger partial charge in [-0.25, -0.2) is 8.78 Å². The van der Waals surface area contributed by atoms with E-state index in [9.17, 15) is 13.9 Å². The lowest BCUT2D eigenvalue weighted by atomic mass is 10.3. The summed E-state index contributed by atoms with van der Waals surface area (Å²) >= 11 is 0. The fourth-order valence-electron chi connectivity index (χ4n) is 1.46. The highest BCUT2D eigenvalue weighted by Gasteiger charge is 2.03. The van der Waals surface area contributed by atoms with Crippen LogP contribution in [0.1, 0.15) is 0 Å². The average Bonchev–Trinajstić information content (AvgIpc) is 2.39. The fourth-order valence-corrected chi connectivity index (χ4v) is 1.46. The van der Waals surface area contributed by atoms with Crippen molar-refractivity contribution in [1.82, 2.24) is 0 Å². The molecule has 0 saturated heterocycles. The number of ether oxygens (including phenoxy) is 2. The second-order valence-electron chi connectivity index (χ2n) is 3.77. The number of halogens is 2. The molecule has 0 radical (unpaired) electrons. The summed E-state index contributed by atoms with van der Waals surface area (Å²) in [6, 6.07) is 9.66. The highest BCUT2D eigenvalue weighted by molar-refractivity contribution is 5.31. The van der Waals surface area contributed by atoms with Crippen LogP contribution >= 0.6 is 0 Å². The summed E-state index contributed by atoms with van der Waals surface area (Å²) < 4.78 is 36.1. The van der Waals surface area contributed by atoms with Gasteiger partial charge in [-0.2, -0.15) is 0 Å². The summed E-state index contributed by atoms with van der Waals surface area (Å²) in [4.78, 5) is 0. The number of aromatic hydroxyl groups is 1. The second-order valence-corrected chi connectivity index (χ2v) is 3.77. The van der Waals surface area contributed by atoms with E-state index >= 15 is 0 Å². The normalized spacial score (nSPS) is 10.2. The van der Waals surface area contributed by atoms with Gasteiger partial charge in [-0.1, -0.05) is 6.07 Å². The minimum absolute atomic E-state index is 0.110. The molecule has 2 aromatic carbocycles. The molecule has 0 aliphatic carbocycles. The van der Waals surface area contributed by atoms with E-state index in [4.69, 9.17) is 9.47 Å². The Kier molecular flexibility index (Phi) is 4.18. The molecule has 2 rings (SSSR count). The summed E-state index contributed by atoms with van der Waals surface area (Å²) in [5.74, 6) is -1.01. The number of phenols is 1. The molecule has 0 fully saturated rings. The van der Waals surface area contributed by atoms with Crippen molar-refractivity contribution >= 4 is 0 Å². The van der Waals surface area contributed by atoms with E-state index in [1.54, 1.807) is 12.1 Å². The third kappa shape index (κ3) is 3.84. The summed E-state index contributed by atoms with van der Waals surface area (Å²) in [6.07, 6.45) is 0. The molecule has 0 aliphatic rings. The maximum absolute atomic E-state index is 12.9. The van der Waals surface area contributed by atoms with Gasteiger partial charge in [0, 0.05) is 12.1 Å². The number of hydrogen-bond acceptors (Lipinski definition) is 3. The first kappa shape index (κ1) is 13.1. The Morgan fingerprint density at radius 2 is 1.53 bits per heavy atom. The maximum atomic E-state index is 12.9. The van der Waals surface area contributed by atoms with Crippen molar-refractivity contribution in [3.63, 3.8) is 0 Å². The standard InChI is InChI=1S/C14H12F2O3/c15-13-5-4-12(9-14(13)16)19-7-6-18-11-3-1-2-10(17)8-11/h1-5,8-9,17H,6-7H2. The molecule has 19 heavy (non-hydrogen) atoms. The molecule has 3 nitrogen and oxygen atoms in total. The van der Waals surface area contributed by atoms with Gasteiger partial charge in [-0.15, -0.1) is 0 Å². The minimum Gasteiger partial charge on any atom is -0.508 e. The van der Waals surface area contributed by atoms with Crippen molar-refractivity contribution in [3.05, 3.63) is 54.1 Å². The molecule has 0 bridgehead atoms. The molecule has 2 aromatic rings. The first-order valence-electron chi connectivity index (χ1n) is 5.65. The molecule has 0 spiro atoms. The predicted octanol–water partition coefficient (Wildman–Crippen LogP) is 3.13. The second kappa shape index (κ2) is 6.04. The summed E-state index contributed by atoms with van der Waals surface area (Å²) in [5, 5.41) is 9.22. The largest absolute Gasteiger partial charge is 0.508 e. The topological polar surface area (TPSA) is 38.7 Å². The zero-order valence-corrected chi connectivity index (χ0v) is 9.98. The Morgan fingerprint density at radius 1 is 0.842 bits per heavy atom. The molecular weight excluding hydrogens is 254 g/mol. The van der Waals surface area contributed by atoms with Crippen molar-refractivity contribution in [2.75, 3.05) is 13.2 Å². The molecule has 1 N–H and O–H groups in total. The van der Waals surface area contributed by atoms with Crippen LogP contribution in [-0.4, -0.2) is 18.3 Å². The van der Waals surface area contributed by atoms with Gasteiger partial charge in [-0.3, -0.25) is 0 Å². The maximum Gasteiger partial charge on any atom is 0.162 e. The Hall–Kier alpha value is -2.30. The minimum atomic E-state index is -0.952. The van der Waals surface area contributed by atoms with Crippen LogP contribution in [0.2, 0.25) is 0 Å². The molecule has 0 heterocycles. The molecule has 0 aromatic heterocycles. The zero-order chi connectivity index (χ0) is 13.7. The van der Waals surface area contributed by atoms with E-state index < -0.39 is 11.6 Å². The van der Waals surface area contributed by atoms with Crippen molar-refractivity contribution in [2.24, 2.45) is 0 Å². The van der Waals surface area contributed by atoms with Gasteiger partial charge in [0.05, 0.1) is 0 Å². The van der Waals surface area contributed by atoms with Gasteiger partial charge in [-0.05, 0) is 24.3 Å². The highest BCUT2D eigenvalue weighted by atomic mass is 19.2. The van der Waals surface area contributed by atoms with Crippen LogP contribution in [0.3, 0.4) is 0 Å². The fraction of sp³-hybridized carbons (Fsp3) is 0.143. The Labute approximate surface area is 109 Å². The Morgan fingerprint density at radius 3 is 2.16 bits per heavy atom. The first-order valence-corrected chi connectivity index (χ1v) is 5.65. The van der Waals surface area contributed by atoms with Gasteiger partial charge in [0.2, 0.25) is 0 Å². The van der Waals surface area contributed by atoms with Crippen LogP contribution in [0.5, 0.6) is 17.2 Å². The van der Waals surface area contributed by atoms with Crippen molar-refractivity contribution in [3.8, 4) is 17.2 Å². The van der Waals surface area contributed by atoms with Crippen LogP contribution in [0.15, 0.2) is 42.5 Å². The SMILES string of the molecule is Oc1cccc(OCCOc2ccc(F)c(F)c2)c1. The third-order valence-corrected chi connectivity index (χ3v) is 2.33. The van der Waals surface area contributed by atoms with Crippen molar-refractivity contribution in [1.29, 1.82) is 0 Å². The molecule has 0 aliphatic heterocycles. The van der Waals surface area contributed by atoms with E-state index in [-0.39, 0.29) is 24.7 Å². The lowest BCUT2D eigenvalue weighted by Crippen LogP contribution is -2.09. The number of hydrogen-bond donors (Lipinski definition) is 1. The van der Waals surface area contributed by atoms with E-state index in [0.29, 0.717) is 5.75 Å². The Bertz CT molecular complexity index is 558. The van der Waals surface area contributed by atoms with E-state index in [0.717, 1.165) is 12.1 Å². The van der Waals surface area contributed by atoms with Crippen molar-refractivity contribution in [2.45, 2.75) is 0 Å². The summed E-state index contributed by atoms with van der Waals surface area (Å²) in [5.41, 5.74) is 0. The van der Waals surface area contributed by atoms with E-state index in [1.807, 2.05) is 0 Å². The van der Waals surface area contributed by atoms with Gasteiger partial charge in [0.15, 0.2) is 11.6 Å². The molecule has 0 atom stereocenters. The average molecular weight is 266 g/mol. The summed E-state index contributed by atoms with van der Waals surface area (Å²) in [7, 11) is 0. The van der Waals surface area contributed by atoms with Crippen LogP contribution in [0, 0.1) is 11.6 Å². The highest BCUT2D eigenvalue weighted by Crippen LogP contribution is 2.18. The van der Waals surface area contributed by atoms with E-state index in [2.05, 4.69) is 0 Å². The molecule has 5 heteroatoms. The van der Waals surface area contributed by atoms with Crippen LogP contribution < -0.4 is 9.47 Å². The van der Waals surface area contributed by atoms with Crippen LogP contribution in [0.25, 0.3) is 0 Å². The number of benzene rings is 2. The van der Waals surface area contributed by atoms with Crippen molar-refractivity contribution < 1.29 is 23.4 Å². The van der Waals surface area contributed by atoms with Gasteiger partial charge in [0.25, 0.3) is 0 Å². The number of rotatable bonds is 5. The zero-order valence-electron chi connectivity index (χ0n) is 9.98. The lowest BCUT2D eigenvalue weighted by molar-refractivity contribution is 0.216. The third-order valence-electron chi connectivity index (χ3n) is 2.33. The van der Waals surface area contributed by atoms with Gasteiger partial charge >= 0.3 is 0 Å². The quantitative estimate of drug-likeness (QED) is 0.845. The smallest absolute Gasteiger partial charge is 0.162 e. The first-order chi connectivity index (χ1) is 9.15. The molecule has 0 saturated carbocycles. The summed E-state index contributed by atoms with van der Waals surface area (Å²) in [6.45, 7) is 0.406. The Balaban J connectivity index is 1.79. The van der Waals surface area contributed by atoms with E-state index in [1.165, 1.54) is 18.2 Å². The van der Waals surface area contributed by atoms with Gasteiger partial charge in [0.1, 0.15) is 30.5 Å². The molecule has 0 amide bonds. The van der Waals surface area contributed by atoms with Crippen LogP contribution in [-0.2, 0) is 0 Å². The van der Waals surface area contributed by atoms with Crippen LogP contribution in [0.4, 0.5) is 8.78 Å². The lowest BCUT2D eigenvalue weighted by Gasteiger charge is -2.08.